The van der Waals surface area contributed by atoms with Gasteiger partial charge < -0.3 is 19.1 Å². The number of hydrogen-bond acceptors (Lipinski definition) is 6. The number of hydrogen-bond donors (Lipinski definition) is 2. The van der Waals surface area contributed by atoms with E-state index in [4.69, 9.17) is 19.2 Å². The van der Waals surface area contributed by atoms with Crippen LogP contribution in [-0.4, -0.2) is 57.1 Å². The molecule has 2 N–H and O–H groups in total. The van der Waals surface area contributed by atoms with Crippen molar-refractivity contribution in [2.24, 2.45) is 5.10 Å². The summed E-state index contributed by atoms with van der Waals surface area (Å²) in [7, 11) is 1.68. The zero-order valence-corrected chi connectivity index (χ0v) is 22.3. The van der Waals surface area contributed by atoms with E-state index in [1.807, 2.05) is 67.6 Å². The SMILES string of the molecule is CCOc1cccc(-c2cc(C(=O)N/N=C\c3ccc(OC)c(C[NH+]4CCOCC4)c3)c3ccccc3n2)c1. The minimum absolute atomic E-state index is 0.307. The Bertz CT molecular complexity index is 1480. The van der Waals surface area contributed by atoms with E-state index < -0.39 is 0 Å². The number of nitrogens with one attached hydrogen (secondary N) is 2. The van der Waals surface area contributed by atoms with Gasteiger partial charge >= 0.3 is 0 Å². The zero-order chi connectivity index (χ0) is 27.0. The number of morpholine rings is 1. The van der Waals surface area contributed by atoms with E-state index in [1.165, 1.54) is 4.90 Å². The molecule has 1 aliphatic heterocycles. The Labute approximate surface area is 228 Å². The molecule has 1 saturated heterocycles. The number of pyridine rings is 1. The van der Waals surface area contributed by atoms with Gasteiger partial charge in [0.2, 0.25) is 0 Å². The topological polar surface area (TPSA) is 86.5 Å². The van der Waals surface area contributed by atoms with Crippen molar-refractivity contribution in [3.05, 3.63) is 89.5 Å². The molecule has 2 heterocycles. The van der Waals surface area contributed by atoms with E-state index in [-0.39, 0.29) is 5.91 Å². The first kappa shape index (κ1) is 26.3. The number of ether oxygens (including phenoxy) is 3. The second kappa shape index (κ2) is 12.5. The van der Waals surface area contributed by atoms with Crippen LogP contribution < -0.4 is 19.8 Å². The molecule has 0 atom stereocenters. The summed E-state index contributed by atoms with van der Waals surface area (Å²) in [5.41, 5.74) is 7.48. The van der Waals surface area contributed by atoms with E-state index in [1.54, 1.807) is 19.4 Å². The number of amides is 1. The van der Waals surface area contributed by atoms with Gasteiger partial charge in [-0.15, -0.1) is 0 Å². The Morgan fingerprint density at radius 2 is 1.92 bits per heavy atom. The van der Waals surface area contributed by atoms with Gasteiger partial charge in [-0.2, -0.15) is 5.10 Å². The van der Waals surface area contributed by atoms with Crippen molar-refractivity contribution < 1.29 is 23.9 Å². The van der Waals surface area contributed by atoms with Crippen LogP contribution in [0.2, 0.25) is 0 Å². The van der Waals surface area contributed by atoms with Crippen LogP contribution in [-0.2, 0) is 11.3 Å². The van der Waals surface area contributed by atoms with Crippen molar-refractivity contribution in [2.45, 2.75) is 13.5 Å². The molecule has 1 fully saturated rings. The number of methoxy groups -OCH3 is 1. The Kier molecular flexibility index (Phi) is 8.45. The van der Waals surface area contributed by atoms with Crippen LogP contribution in [0.4, 0.5) is 0 Å². The average molecular weight is 526 g/mol. The molecule has 0 spiro atoms. The number of fused-ring (bicyclic) bond motifs is 1. The Morgan fingerprint density at radius 3 is 2.74 bits per heavy atom. The second-order valence-corrected chi connectivity index (χ2v) is 9.34. The summed E-state index contributed by atoms with van der Waals surface area (Å²) in [6.07, 6.45) is 1.66. The second-order valence-electron chi connectivity index (χ2n) is 9.34. The summed E-state index contributed by atoms with van der Waals surface area (Å²) >= 11 is 0. The molecule has 5 rings (SSSR count). The van der Waals surface area contributed by atoms with Gasteiger partial charge in [-0.05, 0) is 55.0 Å². The van der Waals surface area contributed by atoms with Crippen molar-refractivity contribution in [1.82, 2.24) is 10.4 Å². The molecule has 4 aromatic rings. The van der Waals surface area contributed by atoms with Crippen molar-refractivity contribution >= 4 is 23.0 Å². The van der Waals surface area contributed by atoms with E-state index in [0.717, 1.165) is 71.9 Å². The standard InChI is InChI=1S/C31H32N4O4/c1-3-39-25-8-6-7-23(18-25)29-19-27(26-9-4-5-10-28(26)33-29)31(36)34-32-20-22-11-12-30(37-2)24(17-22)21-35-13-15-38-16-14-35/h4-12,17-20H,3,13-16,21H2,1-2H3,(H,34,36)/p+1/b32-20-. The molecule has 3 aromatic carbocycles. The average Bonchev–Trinajstić information content (AvgIpc) is 2.97. The first-order chi connectivity index (χ1) is 19.1. The third kappa shape index (κ3) is 6.42. The quantitative estimate of drug-likeness (QED) is 0.258. The van der Waals surface area contributed by atoms with Gasteiger partial charge in [-0.1, -0.05) is 30.3 Å². The van der Waals surface area contributed by atoms with E-state index >= 15 is 0 Å². The molecule has 200 valence electrons. The maximum absolute atomic E-state index is 13.3. The van der Waals surface area contributed by atoms with Gasteiger partial charge in [0.1, 0.15) is 31.1 Å². The molecular formula is C31H33N4O4+. The fourth-order valence-electron chi connectivity index (χ4n) is 4.77. The number of aromatic nitrogens is 1. The fraction of sp³-hybridized carbons (Fsp3) is 0.258. The molecular weight excluding hydrogens is 492 g/mol. The van der Waals surface area contributed by atoms with E-state index in [9.17, 15) is 4.79 Å². The highest BCUT2D eigenvalue weighted by molar-refractivity contribution is 6.07. The van der Waals surface area contributed by atoms with Crippen LogP contribution in [0.3, 0.4) is 0 Å². The maximum atomic E-state index is 13.3. The van der Waals surface area contributed by atoms with Gasteiger partial charge in [0.25, 0.3) is 5.91 Å². The number of hydrazone groups is 1. The van der Waals surface area contributed by atoms with Crippen LogP contribution in [0.25, 0.3) is 22.2 Å². The molecule has 8 heteroatoms. The van der Waals surface area contributed by atoms with Gasteiger partial charge in [-0.25, -0.2) is 10.4 Å². The number of para-hydroxylation sites is 1. The predicted octanol–water partition coefficient (Wildman–Crippen LogP) is 3.49. The molecule has 0 aliphatic carbocycles. The summed E-state index contributed by atoms with van der Waals surface area (Å²) in [4.78, 5) is 19.6. The van der Waals surface area contributed by atoms with Gasteiger partial charge in [0.15, 0.2) is 0 Å². The maximum Gasteiger partial charge on any atom is 0.272 e. The van der Waals surface area contributed by atoms with E-state index in [2.05, 4.69) is 16.6 Å². The highest BCUT2D eigenvalue weighted by Gasteiger charge is 2.17. The third-order valence-electron chi connectivity index (χ3n) is 6.73. The van der Waals surface area contributed by atoms with Crippen LogP contribution >= 0.6 is 0 Å². The fourth-order valence-corrected chi connectivity index (χ4v) is 4.77. The Morgan fingerprint density at radius 1 is 1.08 bits per heavy atom. The molecule has 0 saturated carbocycles. The van der Waals surface area contributed by atoms with Crippen molar-refractivity contribution in [2.75, 3.05) is 40.0 Å². The highest BCUT2D eigenvalue weighted by Crippen LogP contribution is 2.27. The lowest BCUT2D eigenvalue weighted by molar-refractivity contribution is -0.921. The van der Waals surface area contributed by atoms with Gasteiger partial charge in [0, 0.05) is 16.5 Å². The Balaban J connectivity index is 1.37. The predicted molar refractivity (Wildman–Crippen MR) is 152 cm³/mol. The lowest BCUT2D eigenvalue weighted by Crippen LogP contribution is -3.12. The third-order valence-corrected chi connectivity index (χ3v) is 6.73. The molecule has 8 nitrogen and oxygen atoms in total. The molecule has 1 aromatic heterocycles. The molecule has 1 amide bonds. The number of rotatable bonds is 9. The number of benzene rings is 3. The van der Waals surface area contributed by atoms with Crippen molar-refractivity contribution in [3.8, 4) is 22.8 Å². The highest BCUT2D eigenvalue weighted by atomic mass is 16.5. The van der Waals surface area contributed by atoms with Crippen LogP contribution in [0.5, 0.6) is 11.5 Å². The number of quaternary nitrogens is 1. The summed E-state index contributed by atoms with van der Waals surface area (Å²) in [6, 6.07) is 23.1. The van der Waals surface area contributed by atoms with Gasteiger partial charge in [-0.3, -0.25) is 4.79 Å². The zero-order valence-electron chi connectivity index (χ0n) is 22.3. The monoisotopic (exact) mass is 525 g/mol. The smallest absolute Gasteiger partial charge is 0.272 e. The molecule has 1 aliphatic rings. The number of carbonyl (C=O) groups is 1. The number of nitrogens with zero attached hydrogens (tertiary/aromatic N) is 2. The summed E-state index contributed by atoms with van der Waals surface area (Å²) in [6.45, 7) is 6.84. The van der Waals surface area contributed by atoms with Crippen molar-refractivity contribution in [3.63, 3.8) is 0 Å². The van der Waals surface area contributed by atoms with Gasteiger partial charge in [0.05, 0.1) is 49.9 Å². The minimum Gasteiger partial charge on any atom is -0.496 e. The molecule has 0 radical (unpaired) electrons. The lowest BCUT2D eigenvalue weighted by Gasteiger charge is -2.24. The lowest BCUT2D eigenvalue weighted by atomic mass is 10.0. The first-order valence-electron chi connectivity index (χ1n) is 13.2. The molecule has 0 bridgehead atoms. The van der Waals surface area contributed by atoms with Crippen LogP contribution in [0.1, 0.15) is 28.4 Å². The summed E-state index contributed by atoms with van der Waals surface area (Å²) in [5.74, 6) is 1.30. The van der Waals surface area contributed by atoms with Crippen molar-refractivity contribution in [1.29, 1.82) is 0 Å². The molecule has 0 unspecified atom stereocenters. The first-order valence-corrected chi connectivity index (χ1v) is 13.2. The normalized spacial score (nSPS) is 14.0. The molecule has 39 heavy (non-hydrogen) atoms. The number of carbonyl (C=O) groups excluding carboxylic acids is 1. The van der Waals surface area contributed by atoms with Crippen LogP contribution in [0, 0.1) is 0 Å². The summed E-state index contributed by atoms with van der Waals surface area (Å²) in [5, 5.41) is 5.04. The van der Waals surface area contributed by atoms with E-state index in [0.29, 0.717) is 17.9 Å². The largest absolute Gasteiger partial charge is 0.496 e. The Hall–Kier alpha value is -4.27. The summed E-state index contributed by atoms with van der Waals surface area (Å²) < 4.78 is 16.7. The minimum atomic E-state index is -0.307. The van der Waals surface area contributed by atoms with Crippen LogP contribution in [0.15, 0.2) is 77.9 Å².